The third-order valence-electron chi connectivity index (χ3n) is 3.05. The summed E-state index contributed by atoms with van der Waals surface area (Å²) in [5.41, 5.74) is 1.01. The molecule has 94 valence electrons. The number of amides is 1. The van der Waals surface area contributed by atoms with Crippen molar-refractivity contribution in [3.63, 3.8) is 0 Å². The van der Waals surface area contributed by atoms with E-state index in [4.69, 9.17) is 4.74 Å². The molecule has 0 aliphatic carbocycles. The summed E-state index contributed by atoms with van der Waals surface area (Å²) < 4.78 is 5.29. The Morgan fingerprint density at radius 3 is 3.12 bits per heavy atom. The van der Waals surface area contributed by atoms with Crippen LogP contribution in [0.2, 0.25) is 0 Å². The number of anilines is 1. The number of hydrogen-bond donors (Lipinski definition) is 3. The highest BCUT2D eigenvalue weighted by molar-refractivity contribution is 5.92. The number of likely N-dealkylation sites (N-methyl/N-ethyl adjacent to an activating group) is 1. The minimum absolute atomic E-state index is 0.0454. The van der Waals surface area contributed by atoms with Crippen LogP contribution in [0.15, 0.2) is 6.07 Å². The van der Waals surface area contributed by atoms with Gasteiger partial charge >= 0.3 is 0 Å². The number of rotatable bonds is 4. The first-order valence-electron chi connectivity index (χ1n) is 5.84. The molecule has 1 aromatic heterocycles. The fourth-order valence-corrected chi connectivity index (χ4v) is 1.92. The average molecular weight is 238 g/mol. The molecule has 0 saturated carbocycles. The van der Waals surface area contributed by atoms with Crippen molar-refractivity contribution in [1.82, 2.24) is 15.5 Å². The smallest absolute Gasteiger partial charge is 0.232 e. The molecular weight excluding hydrogens is 220 g/mol. The van der Waals surface area contributed by atoms with Gasteiger partial charge in [0.1, 0.15) is 0 Å². The third kappa shape index (κ3) is 2.65. The Kier molecular flexibility index (Phi) is 3.75. The molecule has 0 aromatic carbocycles. The standard InChI is InChI=1S/C11H18N4O2/c1-3-7-4-10(15-14-7)13-11(16)8-5-17-6-9(8)12-2/h4,8-9,12H,3,5-6H2,1-2H3,(H2,13,14,15,16). The van der Waals surface area contributed by atoms with Crippen LogP contribution in [0.5, 0.6) is 0 Å². The molecule has 1 aromatic rings. The molecule has 1 amide bonds. The molecule has 1 aliphatic rings. The summed E-state index contributed by atoms with van der Waals surface area (Å²) >= 11 is 0. The van der Waals surface area contributed by atoms with Crippen LogP contribution in [0.1, 0.15) is 12.6 Å². The van der Waals surface area contributed by atoms with E-state index < -0.39 is 0 Å². The number of aromatic nitrogens is 2. The Labute approximate surface area is 100 Å². The second-order valence-electron chi connectivity index (χ2n) is 4.16. The summed E-state index contributed by atoms with van der Waals surface area (Å²) in [6.45, 7) is 3.07. The van der Waals surface area contributed by atoms with E-state index in [9.17, 15) is 4.79 Å². The van der Waals surface area contributed by atoms with Crippen LogP contribution in [-0.2, 0) is 16.0 Å². The predicted octanol–water partition coefficient (Wildman–Crippen LogP) is 0.145. The quantitative estimate of drug-likeness (QED) is 0.697. The number of nitrogens with one attached hydrogen (secondary N) is 3. The largest absolute Gasteiger partial charge is 0.379 e. The van der Waals surface area contributed by atoms with E-state index in [1.165, 1.54) is 0 Å². The van der Waals surface area contributed by atoms with Crippen LogP contribution in [-0.4, -0.2) is 42.4 Å². The highest BCUT2D eigenvalue weighted by Gasteiger charge is 2.33. The zero-order chi connectivity index (χ0) is 12.3. The fourth-order valence-electron chi connectivity index (χ4n) is 1.92. The van der Waals surface area contributed by atoms with Gasteiger partial charge in [-0.05, 0) is 13.5 Å². The van der Waals surface area contributed by atoms with E-state index in [0.717, 1.165) is 12.1 Å². The van der Waals surface area contributed by atoms with Crippen LogP contribution in [0, 0.1) is 5.92 Å². The van der Waals surface area contributed by atoms with Gasteiger partial charge in [-0.15, -0.1) is 0 Å². The van der Waals surface area contributed by atoms with Crippen LogP contribution < -0.4 is 10.6 Å². The Bertz CT molecular complexity index is 391. The number of carbonyl (C=O) groups excluding carboxylic acids is 1. The summed E-state index contributed by atoms with van der Waals surface area (Å²) in [7, 11) is 1.84. The third-order valence-corrected chi connectivity index (χ3v) is 3.05. The normalized spacial score (nSPS) is 23.9. The topological polar surface area (TPSA) is 79.0 Å². The first kappa shape index (κ1) is 12.1. The van der Waals surface area contributed by atoms with Gasteiger partial charge in [0.05, 0.1) is 19.1 Å². The second kappa shape index (κ2) is 5.29. The highest BCUT2D eigenvalue weighted by Crippen LogP contribution is 2.16. The monoisotopic (exact) mass is 238 g/mol. The summed E-state index contributed by atoms with van der Waals surface area (Å²) in [5.74, 6) is 0.381. The van der Waals surface area contributed by atoms with Gasteiger partial charge < -0.3 is 15.4 Å². The van der Waals surface area contributed by atoms with E-state index in [2.05, 4.69) is 20.8 Å². The zero-order valence-corrected chi connectivity index (χ0v) is 10.1. The molecule has 17 heavy (non-hydrogen) atoms. The molecule has 0 radical (unpaired) electrons. The van der Waals surface area contributed by atoms with Crippen molar-refractivity contribution in [1.29, 1.82) is 0 Å². The van der Waals surface area contributed by atoms with Crippen molar-refractivity contribution in [3.05, 3.63) is 11.8 Å². The lowest BCUT2D eigenvalue weighted by Crippen LogP contribution is -2.39. The molecule has 6 nitrogen and oxygen atoms in total. The molecule has 2 unspecified atom stereocenters. The van der Waals surface area contributed by atoms with Crippen molar-refractivity contribution in [3.8, 4) is 0 Å². The molecule has 2 atom stereocenters. The van der Waals surface area contributed by atoms with Crippen LogP contribution in [0.4, 0.5) is 5.82 Å². The van der Waals surface area contributed by atoms with Crippen molar-refractivity contribution in [2.45, 2.75) is 19.4 Å². The lowest BCUT2D eigenvalue weighted by molar-refractivity contribution is -0.120. The SMILES string of the molecule is CCc1cc(NC(=O)C2COCC2NC)n[nH]1. The molecule has 0 bridgehead atoms. The van der Waals surface area contributed by atoms with Gasteiger partial charge in [0.2, 0.25) is 5.91 Å². The Balaban J connectivity index is 1.96. The number of aryl methyl sites for hydroxylation is 1. The Morgan fingerprint density at radius 1 is 1.65 bits per heavy atom. The van der Waals surface area contributed by atoms with Crippen LogP contribution >= 0.6 is 0 Å². The summed E-state index contributed by atoms with van der Waals surface area (Å²) in [6, 6.07) is 1.93. The molecule has 0 spiro atoms. The molecule has 2 rings (SSSR count). The predicted molar refractivity (Wildman–Crippen MR) is 63.8 cm³/mol. The minimum atomic E-state index is -0.151. The molecule has 6 heteroatoms. The molecule has 1 aliphatic heterocycles. The number of ether oxygens (including phenoxy) is 1. The first-order chi connectivity index (χ1) is 8.24. The summed E-state index contributed by atoms with van der Waals surface area (Å²) in [5, 5.41) is 12.8. The van der Waals surface area contributed by atoms with E-state index in [1.54, 1.807) is 0 Å². The molecule has 3 N–H and O–H groups in total. The maximum atomic E-state index is 12.0. The Morgan fingerprint density at radius 2 is 2.47 bits per heavy atom. The van der Waals surface area contributed by atoms with Crippen molar-refractivity contribution < 1.29 is 9.53 Å². The number of carbonyl (C=O) groups is 1. The summed E-state index contributed by atoms with van der Waals surface area (Å²) in [4.78, 5) is 12.0. The first-order valence-corrected chi connectivity index (χ1v) is 5.84. The van der Waals surface area contributed by atoms with Gasteiger partial charge in [-0.1, -0.05) is 6.92 Å². The fraction of sp³-hybridized carbons (Fsp3) is 0.636. The summed E-state index contributed by atoms with van der Waals surface area (Å²) in [6.07, 6.45) is 0.870. The van der Waals surface area contributed by atoms with E-state index >= 15 is 0 Å². The van der Waals surface area contributed by atoms with E-state index in [-0.39, 0.29) is 17.9 Å². The van der Waals surface area contributed by atoms with Crippen molar-refractivity contribution >= 4 is 11.7 Å². The van der Waals surface area contributed by atoms with Crippen molar-refractivity contribution in [2.75, 3.05) is 25.6 Å². The molecular formula is C11H18N4O2. The van der Waals surface area contributed by atoms with Gasteiger partial charge in [-0.25, -0.2) is 0 Å². The lowest BCUT2D eigenvalue weighted by Gasteiger charge is -2.15. The van der Waals surface area contributed by atoms with Gasteiger partial charge in [0, 0.05) is 17.8 Å². The number of aromatic amines is 1. The highest BCUT2D eigenvalue weighted by atomic mass is 16.5. The second-order valence-corrected chi connectivity index (χ2v) is 4.16. The Hall–Kier alpha value is -1.40. The van der Waals surface area contributed by atoms with Gasteiger partial charge in [-0.2, -0.15) is 5.10 Å². The average Bonchev–Trinajstić information content (AvgIpc) is 2.96. The molecule has 1 saturated heterocycles. The maximum absolute atomic E-state index is 12.0. The van der Waals surface area contributed by atoms with Gasteiger partial charge in [0.25, 0.3) is 0 Å². The maximum Gasteiger partial charge on any atom is 0.232 e. The van der Waals surface area contributed by atoms with Crippen LogP contribution in [0.25, 0.3) is 0 Å². The minimum Gasteiger partial charge on any atom is -0.379 e. The van der Waals surface area contributed by atoms with Gasteiger partial charge in [0.15, 0.2) is 5.82 Å². The van der Waals surface area contributed by atoms with Gasteiger partial charge in [-0.3, -0.25) is 9.89 Å². The lowest BCUT2D eigenvalue weighted by atomic mass is 10.0. The number of H-pyrrole nitrogens is 1. The molecule has 1 fully saturated rings. The number of nitrogens with zero attached hydrogens (tertiary/aromatic N) is 1. The van der Waals surface area contributed by atoms with Crippen molar-refractivity contribution in [2.24, 2.45) is 5.92 Å². The van der Waals surface area contributed by atoms with Crippen LogP contribution in [0.3, 0.4) is 0 Å². The van der Waals surface area contributed by atoms with E-state index in [0.29, 0.717) is 19.0 Å². The van der Waals surface area contributed by atoms with E-state index in [1.807, 2.05) is 20.0 Å². The zero-order valence-electron chi connectivity index (χ0n) is 10.1. The molecule has 2 heterocycles. The number of hydrogen-bond acceptors (Lipinski definition) is 4.